The minimum atomic E-state index is -0.705. The molecular weight excluding hydrogens is 272 g/mol. The van der Waals surface area contributed by atoms with Crippen LogP contribution in [0.3, 0.4) is 0 Å². The summed E-state index contributed by atoms with van der Waals surface area (Å²) in [7, 11) is 1.65. The SMILES string of the molecule is COCCCNC(=O)CN1C2CCC1CC(CC(=O)O)C2. The van der Waals surface area contributed by atoms with Gasteiger partial charge in [-0.1, -0.05) is 0 Å². The highest BCUT2D eigenvalue weighted by Gasteiger charge is 2.41. The second kappa shape index (κ2) is 7.75. The number of aliphatic carboxylic acids is 1. The number of carboxylic acids is 1. The summed E-state index contributed by atoms with van der Waals surface area (Å²) in [6.07, 6.45) is 5.12. The monoisotopic (exact) mass is 298 g/mol. The Morgan fingerprint density at radius 2 is 1.95 bits per heavy atom. The van der Waals surface area contributed by atoms with E-state index in [1.165, 1.54) is 0 Å². The molecule has 2 fully saturated rings. The van der Waals surface area contributed by atoms with Crippen LogP contribution < -0.4 is 5.32 Å². The van der Waals surface area contributed by atoms with Crippen LogP contribution in [0.4, 0.5) is 0 Å². The molecule has 2 unspecified atom stereocenters. The summed E-state index contributed by atoms with van der Waals surface area (Å²) in [4.78, 5) is 25.1. The zero-order valence-corrected chi connectivity index (χ0v) is 12.7. The van der Waals surface area contributed by atoms with Gasteiger partial charge in [0.1, 0.15) is 0 Å². The summed E-state index contributed by atoms with van der Waals surface area (Å²) in [5, 5.41) is 11.8. The van der Waals surface area contributed by atoms with Crippen LogP contribution in [-0.4, -0.2) is 60.8 Å². The standard InChI is InChI=1S/C15H26N2O4/c1-21-6-2-5-16-14(18)10-17-12-3-4-13(17)8-11(7-12)9-15(19)20/h11-13H,2-10H2,1H3,(H,16,18)(H,19,20). The number of amides is 1. The van der Waals surface area contributed by atoms with E-state index in [-0.39, 0.29) is 18.2 Å². The zero-order valence-electron chi connectivity index (χ0n) is 12.7. The number of nitrogens with zero attached hydrogens (tertiary/aromatic N) is 1. The first kappa shape index (κ1) is 16.2. The molecule has 2 rings (SSSR count). The molecule has 2 atom stereocenters. The number of hydrogen-bond acceptors (Lipinski definition) is 4. The van der Waals surface area contributed by atoms with Gasteiger partial charge in [0.05, 0.1) is 6.54 Å². The van der Waals surface area contributed by atoms with E-state index in [0.29, 0.717) is 31.8 Å². The molecule has 2 aliphatic heterocycles. The Hall–Kier alpha value is -1.14. The van der Waals surface area contributed by atoms with Crippen molar-refractivity contribution < 1.29 is 19.4 Å². The molecule has 0 radical (unpaired) electrons. The third kappa shape index (κ3) is 4.68. The van der Waals surface area contributed by atoms with Gasteiger partial charge in [-0.05, 0) is 38.0 Å². The van der Waals surface area contributed by atoms with Gasteiger partial charge in [-0.15, -0.1) is 0 Å². The lowest BCUT2D eigenvalue weighted by molar-refractivity contribution is -0.139. The molecule has 0 aromatic carbocycles. The highest BCUT2D eigenvalue weighted by molar-refractivity contribution is 5.78. The molecule has 2 bridgehead atoms. The van der Waals surface area contributed by atoms with Crippen LogP contribution in [-0.2, 0) is 14.3 Å². The van der Waals surface area contributed by atoms with Crippen molar-refractivity contribution in [3.63, 3.8) is 0 Å². The summed E-state index contributed by atoms with van der Waals surface area (Å²) >= 11 is 0. The third-order valence-electron chi connectivity index (χ3n) is 4.62. The average molecular weight is 298 g/mol. The summed E-state index contributed by atoms with van der Waals surface area (Å²) in [5.41, 5.74) is 0. The molecule has 6 heteroatoms. The Labute approximate surface area is 125 Å². The number of hydrogen-bond donors (Lipinski definition) is 2. The minimum absolute atomic E-state index is 0.0692. The number of carbonyl (C=O) groups is 2. The van der Waals surface area contributed by atoms with Gasteiger partial charge in [0, 0.05) is 38.8 Å². The molecule has 1 amide bonds. The molecule has 0 aromatic heterocycles. The van der Waals surface area contributed by atoms with E-state index in [9.17, 15) is 9.59 Å². The summed E-state index contributed by atoms with van der Waals surface area (Å²) in [5.74, 6) is -0.357. The Morgan fingerprint density at radius 3 is 2.52 bits per heavy atom. The molecule has 21 heavy (non-hydrogen) atoms. The number of piperidine rings is 1. The molecule has 6 nitrogen and oxygen atoms in total. The molecule has 2 saturated heterocycles. The van der Waals surface area contributed by atoms with E-state index in [4.69, 9.17) is 9.84 Å². The van der Waals surface area contributed by atoms with Crippen molar-refractivity contribution in [3.05, 3.63) is 0 Å². The van der Waals surface area contributed by atoms with Crippen molar-refractivity contribution in [1.82, 2.24) is 10.2 Å². The Balaban J connectivity index is 1.75. The molecule has 2 aliphatic rings. The van der Waals surface area contributed by atoms with E-state index >= 15 is 0 Å². The van der Waals surface area contributed by atoms with Crippen LogP contribution in [0, 0.1) is 5.92 Å². The van der Waals surface area contributed by atoms with E-state index < -0.39 is 5.97 Å². The van der Waals surface area contributed by atoms with Gasteiger partial charge in [0.25, 0.3) is 0 Å². The maximum absolute atomic E-state index is 12.0. The van der Waals surface area contributed by atoms with Crippen molar-refractivity contribution in [3.8, 4) is 0 Å². The summed E-state index contributed by atoms with van der Waals surface area (Å²) < 4.78 is 4.95. The topological polar surface area (TPSA) is 78.9 Å². The highest BCUT2D eigenvalue weighted by Crippen LogP contribution is 2.39. The summed E-state index contributed by atoms with van der Waals surface area (Å²) in [6.45, 7) is 1.76. The van der Waals surface area contributed by atoms with Gasteiger partial charge in [0.15, 0.2) is 0 Å². The molecule has 2 N–H and O–H groups in total. The lowest BCUT2D eigenvalue weighted by Gasteiger charge is -2.38. The van der Waals surface area contributed by atoms with Gasteiger partial charge in [-0.2, -0.15) is 0 Å². The predicted octanol–water partition coefficient (Wildman–Crippen LogP) is 0.857. The van der Waals surface area contributed by atoms with Gasteiger partial charge in [-0.25, -0.2) is 0 Å². The van der Waals surface area contributed by atoms with Gasteiger partial charge in [-0.3, -0.25) is 14.5 Å². The van der Waals surface area contributed by atoms with Crippen LogP contribution >= 0.6 is 0 Å². The lowest BCUT2D eigenvalue weighted by atomic mass is 9.88. The highest BCUT2D eigenvalue weighted by atomic mass is 16.5. The Bertz CT molecular complexity index is 361. The molecule has 0 saturated carbocycles. The first-order valence-corrected chi connectivity index (χ1v) is 7.83. The van der Waals surface area contributed by atoms with Crippen molar-refractivity contribution in [1.29, 1.82) is 0 Å². The molecule has 120 valence electrons. The molecular formula is C15H26N2O4. The third-order valence-corrected chi connectivity index (χ3v) is 4.62. The first-order valence-electron chi connectivity index (χ1n) is 7.83. The number of fused-ring (bicyclic) bond motifs is 2. The molecule has 0 spiro atoms. The lowest BCUT2D eigenvalue weighted by Crippen LogP contribution is -2.48. The fraction of sp³-hybridized carbons (Fsp3) is 0.867. The Morgan fingerprint density at radius 1 is 1.29 bits per heavy atom. The number of nitrogens with one attached hydrogen (secondary N) is 1. The maximum atomic E-state index is 12.0. The van der Waals surface area contributed by atoms with Crippen LogP contribution in [0.1, 0.15) is 38.5 Å². The van der Waals surface area contributed by atoms with Crippen molar-refractivity contribution in [2.75, 3.05) is 26.8 Å². The molecule has 0 aliphatic carbocycles. The fourth-order valence-corrected chi connectivity index (χ4v) is 3.72. The van der Waals surface area contributed by atoms with E-state index in [2.05, 4.69) is 10.2 Å². The smallest absolute Gasteiger partial charge is 0.303 e. The predicted molar refractivity (Wildman–Crippen MR) is 78.0 cm³/mol. The summed E-state index contributed by atoms with van der Waals surface area (Å²) in [6, 6.07) is 0.774. The second-order valence-electron chi connectivity index (χ2n) is 6.19. The van der Waals surface area contributed by atoms with Crippen molar-refractivity contribution in [2.24, 2.45) is 5.92 Å². The maximum Gasteiger partial charge on any atom is 0.303 e. The van der Waals surface area contributed by atoms with Crippen molar-refractivity contribution >= 4 is 11.9 Å². The number of methoxy groups -OCH3 is 1. The number of ether oxygens (including phenoxy) is 1. The molecule has 0 aromatic rings. The second-order valence-corrected chi connectivity index (χ2v) is 6.19. The normalized spacial score (nSPS) is 28.5. The number of rotatable bonds is 8. The van der Waals surface area contributed by atoms with Gasteiger partial charge in [0.2, 0.25) is 5.91 Å². The van der Waals surface area contributed by atoms with E-state index in [1.54, 1.807) is 7.11 Å². The van der Waals surface area contributed by atoms with Gasteiger partial charge < -0.3 is 15.2 Å². The van der Waals surface area contributed by atoms with Crippen molar-refractivity contribution in [2.45, 2.75) is 50.6 Å². The largest absolute Gasteiger partial charge is 0.481 e. The van der Waals surface area contributed by atoms with Gasteiger partial charge >= 0.3 is 5.97 Å². The first-order chi connectivity index (χ1) is 10.1. The average Bonchev–Trinajstić information content (AvgIpc) is 2.66. The Kier molecular flexibility index (Phi) is 5.99. The minimum Gasteiger partial charge on any atom is -0.481 e. The number of carbonyl (C=O) groups excluding carboxylic acids is 1. The molecule has 2 heterocycles. The van der Waals surface area contributed by atoms with E-state index in [1.807, 2.05) is 0 Å². The van der Waals surface area contributed by atoms with Crippen LogP contribution in [0.15, 0.2) is 0 Å². The number of carboxylic acid groups (broad SMARTS) is 1. The van der Waals surface area contributed by atoms with E-state index in [0.717, 1.165) is 32.1 Å². The van der Waals surface area contributed by atoms with Crippen LogP contribution in [0.5, 0.6) is 0 Å². The zero-order chi connectivity index (χ0) is 15.2. The van der Waals surface area contributed by atoms with Crippen LogP contribution in [0.2, 0.25) is 0 Å². The fourth-order valence-electron chi connectivity index (χ4n) is 3.72. The quantitative estimate of drug-likeness (QED) is 0.650. The van der Waals surface area contributed by atoms with Crippen LogP contribution in [0.25, 0.3) is 0 Å².